The molecule has 0 atom stereocenters. The minimum Gasteiger partial charge on any atom is -0.362 e. The Morgan fingerprint density at radius 1 is 1.26 bits per heavy atom. The van der Waals surface area contributed by atoms with Crippen molar-refractivity contribution in [1.29, 1.82) is 0 Å². The van der Waals surface area contributed by atoms with Gasteiger partial charge in [0.2, 0.25) is 0 Å². The molecule has 0 bridgehead atoms. The van der Waals surface area contributed by atoms with E-state index in [-0.39, 0.29) is 19.8 Å². The fraction of sp³-hybridized carbons (Fsp3) is 0.250. The van der Waals surface area contributed by atoms with E-state index in [1.165, 1.54) is 0 Å². The molecule has 19 heavy (non-hydrogen) atoms. The van der Waals surface area contributed by atoms with Crippen molar-refractivity contribution < 1.29 is 19.1 Å². The van der Waals surface area contributed by atoms with Crippen LogP contribution in [0.1, 0.15) is 15.9 Å². The molecule has 3 N–H and O–H groups in total. The predicted octanol–water partition coefficient (Wildman–Crippen LogP) is -0.825. The fourth-order valence-corrected chi connectivity index (χ4v) is 1.82. The summed E-state index contributed by atoms with van der Waals surface area (Å²) in [5, 5.41) is 0. The van der Waals surface area contributed by atoms with Crippen LogP contribution in [0.15, 0.2) is 24.3 Å². The maximum atomic E-state index is 11.6. The van der Waals surface area contributed by atoms with E-state index in [1.54, 1.807) is 24.3 Å². The third-order valence-electron chi connectivity index (χ3n) is 2.77. The second-order valence-corrected chi connectivity index (χ2v) is 4.00. The van der Waals surface area contributed by atoms with Crippen LogP contribution in [0.25, 0.3) is 0 Å². The normalized spacial score (nSPS) is 15.5. The number of nitrogens with zero attached hydrogens (tertiary/aromatic N) is 1. The summed E-state index contributed by atoms with van der Waals surface area (Å²) in [6.45, 7) is -0.224. The van der Waals surface area contributed by atoms with Crippen molar-refractivity contribution in [3.8, 4) is 0 Å². The van der Waals surface area contributed by atoms with Gasteiger partial charge in [-0.1, -0.05) is 18.2 Å². The number of hydrogen-bond acceptors (Lipinski definition) is 5. The number of morpholine rings is 1. The SMILES string of the molecule is NNC(=O)c1ccccc1CN1C(=O)COCC1=O. The number of rotatable bonds is 3. The Morgan fingerprint density at radius 2 is 1.89 bits per heavy atom. The highest BCUT2D eigenvalue weighted by molar-refractivity contribution is 5.99. The first-order valence-corrected chi connectivity index (χ1v) is 5.63. The topological polar surface area (TPSA) is 102 Å². The Hall–Kier alpha value is -2.25. The zero-order valence-corrected chi connectivity index (χ0v) is 10.1. The number of benzene rings is 1. The van der Waals surface area contributed by atoms with Gasteiger partial charge in [0, 0.05) is 5.56 Å². The highest BCUT2D eigenvalue weighted by Gasteiger charge is 2.27. The number of nitrogen functional groups attached to an aromatic ring is 1. The van der Waals surface area contributed by atoms with Crippen molar-refractivity contribution in [2.75, 3.05) is 13.2 Å². The van der Waals surface area contributed by atoms with Gasteiger partial charge in [-0.3, -0.25) is 24.7 Å². The minimum absolute atomic E-state index is 0.0324. The number of amides is 3. The highest BCUT2D eigenvalue weighted by atomic mass is 16.5. The van der Waals surface area contributed by atoms with Gasteiger partial charge in [-0.25, -0.2) is 5.84 Å². The van der Waals surface area contributed by atoms with Crippen molar-refractivity contribution in [2.45, 2.75) is 6.54 Å². The number of carbonyl (C=O) groups excluding carboxylic acids is 3. The van der Waals surface area contributed by atoms with E-state index in [0.29, 0.717) is 11.1 Å². The molecule has 1 aromatic rings. The van der Waals surface area contributed by atoms with E-state index in [4.69, 9.17) is 10.6 Å². The van der Waals surface area contributed by atoms with Crippen molar-refractivity contribution in [2.24, 2.45) is 5.84 Å². The molecule has 3 amide bonds. The van der Waals surface area contributed by atoms with Gasteiger partial charge in [0.25, 0.3) is 17.7 Å². The van der Waals surface area contributed by atoms with Gasteiger partial charge in [-0.15, -0.1) is 0 Å². The second-order valence-electron chi connectivity index (χ2n) is 4.00. The summed E-state index contributed by atoms with van der Waals surface area (Å²) >= 11 is 0. The summed E-state index contributed by atoms with van der Waals surface area (Å²) in [6.07, 6.45) is 0. The van der Waals surface area contributed by atoms with Crippen molar-refractivity contribution in [3.05, 3.63) is 35.4 Å². The fourth-order valence-electron chi connectivity index (χ4n) is 1.82. The number of nitrogens with two attached hydrogens (primary N) is 1. The van der Waals surface area contributed by atoms with Crippen LogP contribution >= 0.6 is 0 Å². The molecule has 1 aliphatic rings. The highest BCUT2D eigenvalue weighted by Crippen LogP contribution is 2.14. The average Bonchev–Trinajstić information content (AvgIpc) is 2.42. The van der Waals surface area contributed by atoms with Gasteiger partial charge in [0.05, 0.1) is 6.54 Å². The monoisotopic (exact) mass is 263 g/mol. The van der Waals surface area contributed by atoms with Gasteiger partial charge in [0.15, 0.2) is 0 Å². The molecule has 2 rings (SSSR count). The molecule has 1 fully saturated rings. The number of nitrogens with one attached hydrogen (secondary N) is 1. The molecule has 0 aromatic heterocycles. The Kier molecular flexibility index (Phi) is 3.88. The summed E-state index contributed by atoms with van der Waals surface area (Å²) < 4.78 is 4.82. The van der Waals surface area contributed by atoms with Crippen LogP contribution in [0.4, 0.5) is 0 Å². The number of carbonyl (C=O) groups is 3. The first-order chi connectivity index (χ1) is 9.13. The van der Waals surface area contributed by atoms with Crippen LogP contribution in [0.5, 0.6) is 0 Å². The number of hydrogen-bond donors (Lipinski definition) is 2. The largest absolute Gasteiger partial charge is 0.362 e. The number of imide groups is 1. The van der Waals surface area contributed by atoms with Crippen LogP contribution in [0.3, 0.4) is 0 Å². The van der Waals surface area contributed by atoms with Crippen molar-refractivity contribution >= 4 is 17.7 Å². The van der Waals surface area contributed by atoms with Gasteiger partial charge in [-0.2, -0.15) is 0 Å². The van der Waals surface area contributed by atoms with Gasteiger partial charge in [0.1, 0.15) is 13.2 Å². The summed E-state index contributed by atoms with van der Waals surface area (Å²) in [6, 6.07) is 6.64. The summed E-state index contributed by atoms with van der Waals surface area (Å²) in [5.41, 5.74) is 2.91. The number of ether oxygens (including phenoxy) is 1. The Balaban J connectivity index is 2.25. The van der Waals surface area contributed by atoms with Gasteiger partial charge in [-0.05, 0) is 11.6 Å². The Labute approximate surface area is 109 Å². The average molecular weight is 263 g/mol. The molecule has 0 saturated carbocycles. The first-order valence-electron chi connectivity index (χ1n) is 5.63. The smallest absolute Gasteiger partial charge is 0.265 e. The van der Waals surface area contributed by atoms with Gasteiger partial charge >= 0.3 is 0 Å². The molecule has 1 aromatic carbocycles. The molecule has 0 aliphatic carbocycles. The number of hydrazine groups is 1. The lowest BCUT2D eigenvalue weighted by Crippen LogP contribution is -2.45. The molecule has 7 heteroatoms. The zero-order valence-electron chi connectivity index (χ0n) is 10.1. The lowest BCUT2D eigenvalue weighted by molar-refractivity contribution is -0.159. The van der Waals surface area contributed by atoms with Crippen molar-refractivity contribution in [1.82, 2.24) is 10.3 Å². The first kappa shape index (κ1) is 13.2. The van der Waals surface area contributed by atoms with Gasteiger partial charge < -0.3 is 4.74 Å². The molecule has 0 spiro atoms. The van der Waals surface area contributed by atoms with E-state index in [2.05, 4.69) is 0 Å². The van der Waals surface area contributed by atoms with Crippen LogP contribution in [-0.4, -0.2) is 35.8 Å². The molecular formula is C12H13N3O4. The molecule has 1 heterocycles. The predicted molar refractivity (Wildman–Crippen MR) is 64.5 cm³/mol. The summed E-state index contributed by atoms with van der Waals surface area (Å²) in [4.78, 5) is 35.9. The van der Waals surface area contributed by atoms with Crippen molar-refractivity contribution in [3.63, 3.8) is 0 Å². The molecule has 0 radical (unpaired) electrons. The molecular weight excluding hydrogens is 250 g/mol. The third-order valence-corrected chi connectivity index (χ3v) is 2.77. The van der Waals surface area contributed by atoms with E-state index in [0.717, 1.165) is 4.90 Å². The summed E-state index contributed by atoms with van der Waals surface area (Å²) in [5.74, 6) is 3.79. The van der Waals surface area contributed by atoms with E-state index in [1.807, 2.05) is 5.43 Å². The van der Waals surface area contributed by atoms with E-state index >= 15 is 0 Å². The van der Waals surface area contributed by atoms with Crippen LogP contribution in [-0.2, 0) is 20.9 Å². The van der Waals surface area contributed by atoms with E-state index < -0.39 is 17.7 Å². The quantitative estimate of drug-likeness (QED) is 0.321. The second kappa shape index (κ2) is 5.59. The van der Waals surface area contributed by atoms with E-state index in [9.17, 15) is 14.4 Å². The van der Waals surface area contributed by atoms with Crippen LogP contribution in [0, 0.1) is 0 Å². The molecule has 7 nitrogen and oxygen atoms in total. The minimum atomic E-state index is -0.469. The van der Waals surface area contributed by atoms with Crippen LogP contribution < -0.4 is 11.3 Å². The Bertz CT molecular complexity index is 513. The maximum Gasteiger partial charge on any atom is 0.265 e. The van der Waals surface area contributed by atoms with Crippen LogP contribution in [0.2, 0.25) is 0 Å². The zero-order chi connectivity index (χ0) is 13.8. The molecule has 100 valence electrons. The molecule has 1 saturated heterocycles. The lowest BCUT2D eigenvalue weighted by Gasteiger charge is -2.25. The Morgan fingerprint density at radius 3 is 2.53 bits per heavy atom. The molecule has 1 aliphatic heterocycles. The standard InChI is InChI=1S/C12H13N3O4/c13-14-12(18)9-4-2-1-3-8(9)5-15-10(16)6-19-7-11(15)17/h1-4H,5-7,13H2,(H,14,18). The molecule has 0 unspecified atom stereocenters. The third kappa shape index (κ3) is 2.78. The summed E-state index contributed by atoms with van der Waals surface area (Å²) in [7, 11) is 0. The maximum absolute atomic E-state index is 11.6. The lowest BCUT2D eigenvalue weighted by atomic mass is 10.1.